The SMILES string of the molecule is COc1cc(C(CC(=O)NC2C=CS(=O)(=O)C2)c2oc(C)cc(=O)c2O)ccc1O. The molecule has 0 saturated carbocycles. The number of phenolic OH excluding ortho intramolecular Hbond substituents is 1. The smallest absolute Gasteiger partial charge is 0.227 e. The first-order valence-electron chi connectivity index (χ1n) is 9.00. The summed E-state index contributed by atoms with van der Waals surface area (Å²) in [7, 11) is -1.99. The van der Waals surface area contributed by atoms with E-state index in [9.17, 15) is 28.2 Å². The Balaban J connectivity index is 1.97. The summed E-state index contributed by atoms with van der Waals surface area (Å²) in [6.45, 7) is 1.53. The molecule has 2 aromatic rings. The van der Waals surface area contributed by atoms with E-state index in [0.717, 1.165) is 11.5 Å². The van der Waals surface area contributed by atoms with Gasteiger partial charge in [0.2, 0.25) is 17.1 Å². The van der Waals surface area contributed by atoms with Gasteiger partial charge in [0, 0.05) is 17.9 Å². The van der Waals surface area contributed by atoms with E-state index in [0.29, 0.717) is 5.56 Å². The van der Waals surface area contributed by atoms with Crippen LogP contribution < -0.4 is 15.5 Å². The molecule has 1 aromatic heterocycles. The van der Waals surface area contributed by atoms with Gasteiger partial charge in [-0.1, -0.05) is 6.07 Å². The fourth-order valence-corrected chi connectivity index (χ4v) is 4.49. The van der Waals surface area contributed by atoms with Gasteiger partial charge in [-0.3, -0.25) is 9.59 Å². The number of aryl methyl sites for hydroxylation is 1. The molecule has 1 aliphatic rings. The molecule has 0 bridgehead atoms. The number of ether oxygens (including phenoxy) is 1. The van der Waals surface area contributed by atoms with Crippen LogP contribution in [0.3, 0.4) is 0 Å². The molecule has 2 atom stereocenters. The van der Waals surface area contributed by atoms with Gasteiger partial charge in [0.05, 0.1) is 24.8 Å². The molecule has 9 nitrogen and oxygen atoms in total. The summed E-state index contributed by atoms with van der Waals surface area (Å²) < 4.78 is 33.8. The third-order valence-corrected chi connectivity index (χ3v) is 6.06. The lowest BCUT2D eigenvalue weighted by molar-refractivity contribution is -0.121. The maximum absolute atomic E-state index is 12.6. The van der Waals surface area contributed by atoms with E-state index in [1.807, 2.05) is 0 Å². The highest BCUT2D eigenvalue weighted by Gasteiger charge is 2.29. The number of hydrogen-bond acceptors (Lipinski definition) is 8. The van der Waals surface area contributed by atoms with Crippen LogP contribution in [-0.2, 0) is 14.6 Å². The van der Waals surface area contributed by atoms with Gasteiger partial charge in [0.1, 0.15) is 5.76 Å². The van der Waals surface area contributed by atoms with E-state index < -0.39 is 38.9 Å². The Kier molecular flexibility index (Phi) is 5.88. The van der Waals surface area contributed by atoms with E-state index in [1.165, 1.54) is 38.3 Å². The van der Waals surface area contributed by atoms with Crippen LogP contribution >= 0.6 is 0 Å². The van der Waals surface area contributed by atoms with Crippen LogP contribution in [0.25, 0.3) is 0 Å². The zero-order valence-electron chi connectivity index (χ0n) is 16.3. The zero-order chi connectivity index (χ0) is 22.1. The van der Waals surface area contributed by atoms with Gasteiger partial charge in [-0.05, 0) is 30.7 Å². The first-order chi connectivity index (χ1) is 14.1. The number of sulfone groups is 1. The highest BCUT2D eigenvalue weighted by atomic mass is 32.2. The number of carbonyl (C=O) groups excluding carboxylic acids is 1. The van der Waals surface area contributed by atoms with Crippen LogP contribution in [0, 0.1) is 6.92 Å². The van der Waals surface area contributed by atoms with Crippen LogP contribution in [-0.4, -0.2) is 43.4 Å². The van der Waals surface area contributed by atoms with Crippen molar-refractivity contribution in [2.45, 2.75) is 25.3 Å². The predicted octanol–water partition coefficient (Wildman–Crippen LogP) is 1.32. The monoisotopic (exact) mass is 435 g/mol. The Morgan fingerprint density at radius 1 is 1.33 bits per heavy atom. The van der Waals surface area contributed by atoms with Crippen molar-refractivity contribution in [1.29, 1.82) is 0 Å². The topological polar surface area (TPSA) is 143 Å². The van der Waals surface area contributed by atoms with Crippen molar-refractivity contribution in [2.24, 2.45) is 0 Å². The summed E-state index contributed by atoms with van der Waals surface area (Å²) in [4.78, 5) is 24.7. The maximum atomic E-state index is 12.6. The molecular formula is C20H21NO8S. The minimum Gasteiger partial charge on any atom is -0.504 e. The molecule has 2 heterocycles. The summed E-state index contributed by atoms with van der Waals surface area (Å²) in [5.41, 5.74) is -0.215. The Morgan fingerprint density at radius 3 is 2.70 bits per heavy atom. The van der Waals surface area contributed by atoms with Crippen LogP contribution in [0.15, 0.2) is 45.0 Å². The van der Waals surface area contributed by atoms with E-state index >= 15 is 0 Å². The average molecular weight is 435 g/mol. The number of benzene rings is 1. The maximum Gasteiger partial charge on any atom is 0.227 e. The van der Waals surface area contributed by atoms with Crippen LogP contribution in [0.4, 0.5) is 0 Å². The molecule has 3 rings (SSSR count). The third-order valence-electron chi connectivity index (χ3n) is 4.66. The summed E-state index contributed by atoms with van der Waals surface area (Å²) >= 11 is 0. The summed E-state index contributed by atoms with van der Waals surface area (Å²) in [5.74, 6) is -2.13. The predicted molar refractivity (Wildman–Crippen MR) is 107 cm³/mol. The second-order valence-corrected chi connectivity index (χ2v) is 8.89. The summed E-state index contributed by atoms with van der Waals surface area (Å²) in [6.07, 6.45) is 1.13. The van der Waals surface area contributed by atoms with Crippen LogP contribution in [0.2, 0.25) is 0 Å². The second kappa shape index (κ2) is 8.23. The summed E-state index contributed by atoms with van der Waals surface area (Å²) in [5, 5.41) is 23.8. The van der Waals surface area contributed by atoms with Crippen molar-refractivity contribution in [3.63, 3.8) is 0 Å². The Morgan fingerprint density at radius 2 is 2.07 bits per heavy atom. The van der Waals surface area contributed by atoms with Gasteiger partial charge in [-0.2, -0.15) is 0 Å². The summed E-state index contributed by atoms with van der Waals surface area (Å²) in [6, 6.07) is 4.79. The van der Waals surface area contributed by atoms with Gasteiger partial charge in [0.25, 0.3) is 0 Å². The average Bonchev–Trinajstić information content (AvgIpc) is 3.01. The number of amides is 1. The van der Waals surface area contributed by atoms with E-state index in [4.69, 9.17) is 9.15 Å². The molecular weight excluding hydrogens is 414 g/mol. The molecule has 0 radical (unpaired) electrons. The van der Waals surface area contributed by atoms with Crippen LogP contribution in [0.5, 0.6) is 17.2 Å². The largest absolute Gasteiger partial charge is 0.504 e. The molecule has 160 valence electrons. The first-order valence-corrected chi connectivity index (χ1v) is 10.7. The molecule has 10 heteroatoms. The fourth-order valence-electron chi connectivity index (χ4n) is 3.25. The minimum absolute atomic E-state index is 0.113. The standard InChI is InChI=1S/C20H21NO8S/c1-11-7-16(23)19(25)20(29-11)14(12-3-4-15(22)17(8-12)28-2)9-18(24)21-13-5-6-30(26,27)10-13/h3-8,13-14,22,25H,9-10H2,1-2H3,(H,21,24). The number of hydrogen-bond donors (Lipinski definition) is 3. The minimum atomic E-state index is -3.35. The quantitative estimate of drug-likeness (QED) is 0.616. The fraction of sp³-hybridized carbons (Fsp3) is 0.300. The van der Waals surface area contributed by atoms with Gasteiger partial charge < -0.3 is 24.7 Å². The molecule has 30 heavy (non-hydrogen) atoms. The highest BCUT2D eigenvalue weighted by Crippen LogP contribution is 2.37. The molecule has 1 aromatic carbocycles. The van der Waals surface area contributed by atoms with Crippen molar-refractivity contribution in [2.75, 3.05) is 12.9 Å². The normalized spacial score (nSPS) is 18.1. The number of methoxy groups -OCH3 is 1. The molecule has 1 aliphatic heterocycles. The number of rotatable bonds is 6. The third kappa shape index (κ3) is 4.65. The number of nitrogens with one attached hydrogen (secondary N) is 1. The van der Waals surface area contributed by atoms with Gasteiger partial charge in [-0.15, -0.1) is 0 Å². The Labute approximate surface area is 172 Å². The molecule has 1 amide bonds. The molecule has 0 spiro atoms. The van der Waals surface area contributed by atoms with Crippen molar-refractivity contribution >= 4 is 15.7 Å². The number of aromatic hydroxyl groups is 2. The van der Waals surface area contributed by atoms with Gasteiger partial charge in [-0.25, -0.2) is 8.42 Å². The van der Waals surface area contributed by atoms with Crippen molar-refractivity contribution in [1.82, 2.24) is 5.32 Å². The lowest BCUT2D eigenvalue weighted by Crippen LogP contribution is -2.36. The Hall–Kier alpha value is -3.27. The van der Waals surface area contributed by atoms with Gasteiger partial charge in [0.15, 0.2) is 27.1 Å². The van der Waals surface area contributed by atoms with Crippen molar-refractivity contribution in [3.8, 4) is 17.2 Å². The van der Waals surface area contributed by atoms with Crippen LogP contribution in [0.1, 0.15) is 29.4 Å². The first kappa shape index (κ1) is 21.4. The molecule has 0 saturated heterocycles. The van der Waals surface area contributed by atoms with E-state index in [2.05, 4.69) is 5.32 Å². The van der Waals surface area contributed by atoms with E-state index in [1.54, 1.807) is 0 Å². The zero-order valence-corrected chi connectivity index (χ0v) is 17.1. The lowest BCUT2D eigenvalue weighted by Gasteiger charge is -2.19. The van der Waals surface area contributed by atoms with Gasteiger partial charge >= 0.3 is 0 Å². The number of carbonyl (C=O) groups is 1. The molecule has 0 fully saturated rings. The van der Waals surface area contributed by atoms with Crippen molar-refractivity contribution in [3.05, 3.63) is 63.1 Å². The van der Waals surface area contributed by atoms with Crippen molar-refractivity contribution < 1.29 is 32.6 Å². The highest BCUT2D eigenvalue weighted by molar-refractivity contribution is 7.94. The number of phenols is 1. The lowest BCUT2D eigenvalue weighted by atomic mass is 9.91. The molecule has 0 aliphatic carbocycles. The second-order valence-electron chi connectivity index (χ2n) is 6.95. The molecule has 3 N–H and O–H groups in total. The Bertz CT molecular complexity index is 1170. The molecule has 2 unspecified atom stereocenters. The van der Waals surface area contributed by atoms with E-state index in [-0.39, 0.29) is 35.2 Å².